The number of rotatable bonds is 2. The summed E-state index contributed by atoms with van der Waals surface area (Å²) in [7, 11) is 2.00. The minimum atomic E-state index is -0.156. The highest BCUT2D eigenvalue weighted by atomic mass is 16.3. The molecule has 0 amide bonds. The van der Waals surface area contributed by atoms with Crippen molar-refractivity contribution >= 4 is 0 Å². The van der Waals surface area contributed by atoms with Gasteiger partial charge in [-0.15, -0.1) is 0 Å². The Labute approximate surface area is 116 Å². The number of aliphatic hydroxyl groups excluding tert-OH is 1. The molecule has 1 aliphatic heterocycles. The van der Waals surface area contributed by atoms with Gasteiger partial charge in [0.2, 0.25) is 0 Å². The summed E-state index contributed by atoms with van der Waals surface area (Å²) in [4.78, 5) is 2.47. The molecule has 0 radical (unpaired) electrons. The highest BCUT2D eigenvalue weighted by molar-refractivity contribution is 5.24. The smallest absolute Gasteiger partial charge is 0.0641 e. The maximum Gasteiger partial charge on any atom is 0.0641 e. The quantitative estimate of drug-likeness (QED) is 0.889. The van der Waals surface area contributed by atoms with Crippen LogP contribution in [0.15, 0.2) is 0 Å². The van der Waals surface area contributed by atoms with Gasteiger partial charge >= 0.3 is 0 Å². The van der Waals surface area contributed by atoms with Crippen LogP contribution in [0.2, 0.25) is 0 Å². The molecule has 0 aromatic carbocycles. The van der Waals surface area contributed by atoms with E-state index in [2.05, 4.69) is 37.7 Å². The Morgan fingerprint density at radius 2 is 2.05 bits per heavy atom. The summed E-state index contributed by atoms with van der Waals surface area (Å²) in [6.07, 6.45) is 1.62. The first-order chi connectivity index (χ1) is 8.78. The number of aromatic nitrogens is 2. The molecule has 1 fully saturated rings. The van der Waals surface area contributed by atoms with Gasteiger partial charge in [0.1, 0.15) is 0 Å². The van der Waals surface area contributed by atoms with E-state index in [1.807, 2.05) is 11.7 Å². The summed E-state index contributed by atoms with van der Waals surface area (Å²) in [6, 6.07) is 0. The zero-order chi connectivity index (χ0) is 14.2. The molecule has 0 spiro atoms. The lowest BCUT2D eigenvalue weighted by atomic mass is 9.87. The van der Waals surface area contributed by atoms with Crippen LogP contribution in [-0.2, 0) is 13.6 Å². The molecule has 1 aromatic heterocycles. The topological polar surface area (TPSA) is 41.3 Å². The fourth-order valence-corrected chi connectivity index (χ4v) is 3.23. The average Bonchev–Trinajstić information content (AvgIpc) is 2.45. The van der Waals surface area contributed by atoms with E-state index in [4.69, 9.17) is 0 Å². The van der Waals surface area contributed by atoms with Crippen LogP contribution in [0, 0.1) is 19.3 Å². The van der Waals surface area contributed by atoms with Crippen molar-refractivity contribution in [2.75, 3.05) is 13.1 Å². The van der Waals surface area contributed by atoms with Gasteiger partial charge in [-0.2, -0.15) is 5.10 Å². The first-order valence-electron chi connectivity index (χ1n) is 7.18. The first-order valence-corrected chi connectivity index (χ1v) is 7.18. The molecular weight excluding hydrogens is 238 g/mol. The Morgan fingerprint density at radius 1 is 1.37 bits per heavy atom. The molecule has 2 rings (SSSR count). The van der Waals surface area contributed by atoms with E-state index in [1.165, 1.54) is 11.3 Å². The van der Waals surface area contributed by atoms with Gasteiger partial charge in [0.15, 0.2) is 0 Å². The Morgan fingerprint density at radius 3 is 2.63 bits per heavy atom. The van der Waals surface area contributed by atoms with Crippen LogP contribution in [0.1, 0.15) is 43.6 Å². The van der Waals surface area contributed by atoms with E-state index in [0.717, 1.165) is 38.2 Å². The third-order valence-corrected chi connectivity index (χ3v) is 4.26. The van der Waals surface area contributed by atoms with E-state index in [9.17, 15) is 5.11 Å². The number of hydrogen-bond donors (Lipinski definition) is 1. The van der Waals surface area contributed by atoms with Crippen molar-refractivity contribution in [1.29, 1.82) is 0 Å². The summed E-state index contributed by atoms with van der Waals surface area (Å²) < 4.78 is 1.96. The largest absolute Gasteiger partial charge is 0.393 e. The molecular formula is C15H27N3O. The van der Waals surface area contributed by atoms with Crippen molar-refractivity contribution in [2.45, 2.75) is 53.2 Å². The molecule has 1 N–H and O–H groups in total. The lowest BCUT2D eigenvalue weighted by molar-refractivity contribution is 0.121. The molecule has 4 heteroatoms. The van der Waals surface area contributed by atoms with E-state index in [1.54, 1.807) is 0 Å². The van der Waals surface area contributed by atoms with Crippen LogP contribution in [0.25, 0.3) is 0 Å². The molecule has 1 atom stereocenters. The number of nitrogens with zero attached hydrogens (tertiary/aromatic N) is 3. The summed E-state index contributed by atoms with van der Waals surface area (Å²) in [6.45, 7) is 11.7. The molecule has 1 aromatic rings. The standard InChI is InChI=1S/C15H27N3O/c1-11-14(12(2)17(5)16-11)9-18-7-6-13(19)8-15(3,4)10-18/h13,19H,6-10H2,1-5H3. The van der Waals surface area contributed by atoms with Crippen molar-refractivity contribution < 1.29 is 5.11 Å². The zero-order valence-corrected chi connectivity index (χ0v) is 12.9. The molecule has 0 saturated carbocycles. The summed E-state index contributed by atoms with van der Waals surface area (Å²) >= 11 is 0. The van der Waals surface area contributed by atoms with Crippen LogP contribution in [-0.4, -0.2) is 39.0 Å². The second-order valence-electron chi connectivity index (χ2n) is 6.79. The molecule has 2 heterocycles. The van der Waals surface area contributed by atoms with Gasteiger partial charge in [0, 0.05) is 37.9 Å². The lowest BCUT2D eigenvalue weighted by Gasteiger charge is -2.29. The summed E-state index contributed by atoms with van der Waals surface area (Å²) in [5, 5.41) is 14.5. The Hall–Kier alpha value is -0.870. The van der Waals surface area contributed by atoms with Crippen molar-refractivity contribution in [3.05, 3.63) is 17.0 Å². The van der Waals surface area contributed by atoms with Crippen LogP contribution >= 0.6 is 0 Å². The number of aryl methyl sites for hydroxylation is 2. The molecule has 108 valence electrons. The van der Waals surface area contributed by atoms with Gasteiger partial charge in [-0.05, 0) is 32.1 Å². The third-order valence-electron chi connectivity index (χ3n) is 4.26. The second kappa shape index (κ2) is 5.25. The van der Waals surface area contributed by atoms with Crippen LogP contribution in [0.5, 0.6) is 0 Å². The predicted molar refractivity (Wildman–Crippen MR) is 77.0 cm³/mol. The zero-order valence-electron chi connectivity index (χ0n) is 12.9. The maximum absolute atomic E-state index is 9.98. The fraction of sp³-hybridized carbons (Fsp3) is 0.800. The minimum absolute atomic E-state index is 0.156. The maximum atomic E-state index is 9.98. The van der Waals surface area contributed by atoms with E-state index in [-0.39, 0.29) is 11.5 Å². The van der Waals surface area contributed by atoms with Crippen molar-refractivity contribution in [2.24, 2.45) is 12.5 Å². The molecule has 19 heavy (non-hydrogen) atoms. The second-order valence-corrected chi connectivity index (χ2v) is 6.79. The van der Waals surface area contributed by atoms with E-state index in [0.29, 0.717) is 0 Å². The minimum Gasteiger partial charge on any atom is -0.393 e. The SMILES string of the molecule is Cc1nn(C)c(C)c1CN1CCC(O)CC(C)(C)C1. The van der Waals surface area contributed by atoms with Gasteiger partial charge in [-0.1, -0.05) is 13.8 Å². The van der Waals surface area contributed by atoms with Gasteiger partial charge in [0.05, 0.1) is 11.8 Å². The third kappa shape index (κ3) is 3.37. The van der Waals surface area contributed by atoms with Crippen molar-refractivity contribution in [3.63, 3.8) is 0 Å². The lowest BCUT2D eigenvalue weighted by Crippen LogP contribution is -2.32. The number of likely N-dealkylation sites (tertiary alicyclic amines) is 1. The summed E-state index contributed by atoms with van der Waals surface area (Å²) in [5.41, 5.74) is 3.90. The average molecular weight is 265 g/mol. The summed E-state index contributed by atoms with van der Waals surface area (Å²) in [5.74, 6) is 0. The van der Waals surface area contributed by atoms with Gasteiger partial charge in [-0.3, -0.25) is 9.58 Å². The predicted octanol–water partition coefficient (Wildman–Crippen LogP) is 2.02. The van der Waals surface area contributed by atoms with E-state index >= 15 is 0 Å². The van der Waals surface area contributed by atoms with Gasteiger partial charge < -0.3 is 5.11 Å². The Bertz CT molecular complexity index is 450. The monoisotopic (exact) mass is 265 g/mol. The molecule has 4 nitrogen and oxygen atoms in total. The molecule has 1 saturated heterocycles. The van der Waals surface area contributed by atoms with Crippen LogP contribution in [0.3, 0.4) is 0 Å². The molecule has 0 aliphatic carbocycles. The molecule has 0 bridgehead atoms. The number of hydrogen-bond acceptors (Lipinski definition) is 3. The Balaban J connectivity index is 2.14. The van der Waals surface area contributed by atoms with Gasteiger partial charge in [-0.25, -0.2) is 0 Å². The fourth-order valence-electron chi connectivity index (χ4n) is 3.23. The highest BCUT2D eigenvalue weighted by Gasteiger charge is 2.29. The van der Waals surface area contributed by atoms with Crippen molar-refractivity contribution in [3.8, 4) is 0 Å². The first kappa shape index (κ1) is 14.5. The van der Waals surface area contributed by atoms with E-state index < -0.39 is 0 Å². The normalized spacial score (nSPS) is 24.4. The van der Waals surface area contributed by atoms with Gasteiger partial charge in [0.25, 0.3) is 0 Å². The van der Waals surface area contributed by atoms with Crippen LogP contribution in [0.4, 0.5) is 0 Å². The number of aliphatic hydroxyl groups is 1. The molecule has 1 unspecified atom stereocenters. The highest BCUT2D eigenvalue weighted by Crippen LogP contribution is 2.29. The van der Waals surface area contributed by atoms with Crippen molar-refractivity contribution in [1.82, 2.24) is 14.7 Å². The Kier molecular flexibility index (Phi) is 4.02. The molecule has 1 aliphatic rings. The van der Waals surface area contributed by atoms with Crippen LogP contribution < -0.4 is 0 Å².